The number of nitrogens with zero attached hydrogens (tertiary/aromatic N) is 2. The lowest BCUT2D eigenvalue weighted by Gasteiger charge is -2.11. The summed E-state index contributed by atoms with van der Waals surface area (Å²) in [5.41, 5.74) is 1.79. The molecule has 0 saturated heterocycles. The molecule has 0 spiro atoms. The number of para-hydroxylation sites is 2. The van der Waals surface area contributed by atoms with Gasteiger partial charge in [-0.3, -0.25) is 9.59 Å². The number of rotatable bonds is 9. The van der Waals surface area contributed by atoms with Crippen molar-refractivity contribution in [2.45, 2.75) is 59.1 Å². The van der Waals surface area contributed by atoms with Gasteiger partial charge in [0.15, 0.2) is 0 Å². The Kier molecular flexibility index (Phi) is 6.98. The molecule has 136 valence electrons. The Morgan fingerprint density at radius 1 is 1.28 bits per heavy atom. The van der Waals surface area contributed by atoms with Gasteiger partial charge in [0.2, 0.25) is 5.91 Å². The van der Waals surface area contributed by atoms with Gasteiger partial charge >= 0.3 is 5.97 Å². The molecule has 6 nitrogen and oxygen atoms in total. The van der Waals surface area contributed by atoms with E-state index in [1.807, 2.05) is 49.6 Å². The predicted molar refractivity (Wildman–Crippen MR) is 97.2 cm³/mol. The predicted octanol–water partition coefficient (Wildman–Crippen LogP) is 2.84. The maximum atomic E-state index is 12.1. The molecule has 1 amide bonds. The highest BCUT2D eigenvalue weighted by atomic mass is 16.5. The number of hydrogen-bond donors (Lipinski definition) is 1. The SMILES string of the molecule is CCCC(=O)NCCCc1nc2ccccc2n1CC(=O)OC(C)C. The summed E-state index contributed by atoms with van der Waals surface area (Å²) in [4.78, 5) is 28.2. The Bertz CT molecular complexity index is 722. The number of ether oxygens (including phenoxy) is 1. The number of imidazole rings is 1. The van der Waals surface area contributed by atoms with Gasteiger partial charge in [-0.1, -0.05) is 19.1 Å². The highest BCUT2D eigenvalue weighted by molar-refractivity contribution is 5.79. The van der Waals surface area contributed by atoms with Crippen molar-refractivity contribution in [3.63, 3.8) is 0 Å². The number of carbonyl (C=O) groups excluding carboxylic acids is 2. The molecule has 0 atom stereocenters. The number of nitrogens with one attached hydrogen (secondary N) is 1. The van der Waals surface area contributed by atoms with Crippen molar-refractivity contribution >= 4 is 22.9 Å². The van der Waals surface area contributed by atoms with Gasteiger partial charge in [0, 0.05) is 19.4 Å². The summed E-state index contributed by atoms with van der Waals surface area (Å²) in [7, 11) is 0. The molecule has 0 unspecified atom stereocenters. The van der Waals surface area contributed by atoms with Gasteiger partial charge in [0.05, 0.1) is 17.1 Å². The summed E-state index contributed by atoms with van der Waals surface area (Å²) in [5, 5.41) is 2.91. The van der Waals surface area contributed by atoms with Crippen molar-refractivity contribution in [3.05, 3.63) is 30.1 Å². The fourth-order valence-corrected chi connectivity index (χ4v) is 2.71. The highest BCUT2D eigenvalue weighted by Gasteiger charge is 2.15. The Hall–Kier alpha value is -2.37. The molecule has 2 aromatic rings. The van der Waals surface area contributed by atoms with Crippen LogP contribution in [-0.2, 0) is 27.3 Å². The second-order valence-electron chi connectivity index (χ2n) is 6.35. The number of aryl methyl sites for hydroxylation is 1. The van der Waals surface area contributed by atoms with Crippen molar-refractivity contribution in [2.75, 3.05) is 6.54 Å². The molecule has 0 radical (unpaired) electrons. The van der Waals surface area contributed by atoms with Crippen LogP contribution in [0.5, 0.6) is 0 Å². The zero-order chi connectivity index (χ0) is 18.2. The molecule has 0 aliphatic rings. The van der Waals surface area contributed by atoms with Crippen molar-refractivity contribution in [2.24, 2.45) is 0 Å². The van der Waals surface area contributed by atoms with Crippen LogP contribution in [0.1, 0.15) is 45.9 Å². The molecule has 6 heteroatoms. The maximum Gasteiger partial charge on any atom is 0.326 e. The van der Waals surface area contributed by atoms with Crippen molar-refractivity contribution in [1.82, 2.24) is 14.9 Å². The molecule has 0 aliphatic heterocycles. The van der Waals surface area contributed by atoms with Crippen LogP contribution < -0.4 is 5.32 Å². The Morgan fingerprint density at radius 2 is 2.04 bits per heavy atom. The number of amides is 1. The van der Waals surface area contributed by atoms with Gasteiger partial charge in [-0.2, -0.15) is 0 Å². The molecule has 2 rings (SSSR count). The summed E-state index contributed by atoms with van der Waals surface area (Å²) in [6.45, 7) is 6.42. The zero-order valence-corrected chi connectivity index (χ0v) is 15.2. The minimum absolute atomic E-state index is 0.0801. The molecule has 1 aromatic heterocycles. The number of esters is 1. The normalized spacial score (nSPS) is 11.0. The molecule has 1 aromatic carbocycles. The van der Waals surface area contributed by atoms with Crippen molar-refractivity contribution < 1.29 is 14.3 Å². The van der Waals surface area contributed by atoms with Crippen LogP contribution in [-0.4, -0.2) is 34.1 Å². The molecule has 0 aliphatic carbocycles. The van der Waals surface area contributed by atoms with E-state index < -0.39 is 0 Å². The second-order valence-corrected chi connectivity index (χ2v) is 6.35. The number of carbonyl (C=O) groups is 2. The van der Waals surface area contributed by atoms with Crippen LogP contribution in [0.3, 0.4) is 0 Å². The van der Waals surface area contributed by atoms with Gasteiger partial charge in [-0.05, 0) is 38.8 Å². The highest BCUT2D eigenvalue weighted by Crippen LogP contribution is 2.17. The lowest BCUT2D eigenvalue weighted by molar-refractivity contribution is -0.148. The van der Waals surface area contributed by atoms with Gasteiger partial charge in [-0.15, -0.1) is 0 Å². The number of fused-ring (bicyclic) bond motifs is 1. The fourth-order valence-electron chi connectivity index (χ4n) is 2.71. The molecular formula is C19H27N3O3. The molecule has 0 fully saturated rings. The third-order valence-electron chi connectivity index (χ3n) is 3.76. The van der Waals surface area contributed by atoms with Crippen molar-refractivity contribution in [1.29, 1.82) is 0 Å². The quantitative estimate of drug-likeness (QED) is 0.560. The van der Waals surface area contributed by atoms with E-state index in [1.54, 1.807) is 0 Å². The summed E-state index contributed by atoms with van der Waals surface area (Å²) in [6.07, 6.45) is 2.73. The van der Waals surface area contributed by atoms with Crippen LogP contribution in [0.15, 0.2) is 24.3 Å². The van der Waals surface area contributed by atoms with Gasteiger partial charge in [-0.25, -0.2) is 4.98 Å². The molecule has 1 heterocycles. The van der Waals surface area contributed by atoms with Crippen LogP contribution in [0, 0.1) is 0 Å². The molecule has 0 bridgehead atoms. The third-order valence-corrected chi connectivity index (χ3v) is 3.76. The number of benzene rings is 1. The van der Waals surface area contributed by atoms with E-state index in [0.717, 1.165) is 29.7 Å². The van der Waals surface area contributed by atoms with Crippen LogP contribution >= 0.6 is 0 Å². The molecule has 0 saturated carbocycles. The Labute approximate surface area is 148 Å². The van der Waals surface area contributed by atoms with Crippen LogP contribution in [0.25, 0.3) is 11.0 Å². The fraction of sp³-hybridized carbons (Fsp3) is 0.526. The summed E-state index contributed by atoms with van der Waals surface area (Å²) in [6, 6.07) is 7.76. The van der Waals surface area contributed by atoms with E-state index in [-0.39, 0.29) is 24.5 Å². The van der Waals surface area contributed by atoms with E-state index in [2.05, 4.69) is 10.3 Å². The minimum atomic E-state index is -0.268. The molecule has 25 heavy (non-hydrogen) atoms. The first-order chi connectivity index (χ1) is 12.0. The van der Waals surface area contributed by atoms with Gasteiger partial charge < -0.3 is 14.6 Å². The largest absolute Gasteiger partial charge is 0.462 e. The van der Waals surface area contributed by atoms with Crippen molar-refractivity contribution in [3.8, 4) is 0 Å². The standard InChI is InChI=1S/C19H27N3O3/c1-4-8-18(23)20-12-7-11-17-21-15-9-5-6-10-16(15)22(17)13-19(24)25-14(2)3/h5-6,9-10,14H,4,7-8,11-13H2,1-3H3,(H,20,23). The molecular weight excluding hydrogens is 318 g/mol. The minimum Gasteiger partial charge on any atom is -0.462 e. The first-order valence-corrected chi connectivity index (χ1v) is 8.91. The van der Waals surface area contributed by atoms with Crippen LogP contribution in [0.4, 0.5) is 0 Å². The lowest BCUT2D eigenvalue weighted by atomic mass is 10.2. The summed E-state index contributed by atoms with van der Waals surface area (Å²) < 4.78 is 7.18. The van der Waals surface area contributed by atoms with Gasteiger partial charge in [0.1, 0.15) is 12.4 Å². The van der Waals surface area contributed by atoms with E-state index >= 15 is 0 Å². The lowest BCUT2D eigenvalue weighted by Crippen LogP contribution is -2.24. The Balaban J connectivity index is 2.06. The molecule has 1 N–H and O–H groups in total. The summed E-state index contributed by atoms with van der Waals surface area (Å²) >= 11 is 0. The number of hydrogen-bond acceptors (Lipinski definition) is 4. The topological polar surface area (TPSA) is 73.2 Å². The van der Waals surface area contributed by atoms with E-state index in [4.69, 9.17) is 4.74 Å². The second kappa shape index (κ2) is 9.20. The average molecular weight is 345 g/mol. The first kappa shape index (κ1) is 19.0. The van der Waals surface area contributed by atoms with E-state index in [0.29, 0.717) is 19.4 Å². The number of aromatic nitrogens is 2. The summed E-state index contributed by atoms with van der Waals surface area (Å²) in [5.74, 6) is 0.652. The monoisotopic (exact) mass is 345 g/mol. The smallest absolute Gasteiger partial charge is 0.326 e. The van der Waals surface area contributed by atoms with Crippen LogP contribution in [0.2, 0.25) is 0 Å². The third kappa shape index (κ3) is 5.59. The van der Waals surface area contributed by atoms with E-state index in [1.165, 1.54) is 0 Å². The maximum absolute atomic E-state index is 12.1. The van der Waals surface area contributed by atoms with E-state index in [9.17, 15) is 9.59 Å². The zero-order valence-electron chi connectivity index (χ0n) is 15.2. The first-order valence-electron chi connectivity index (χ1n) is 8.91. The van der Waals surface area contributed by atoms with Gasteiger partial charge in [0.25, 0.3) is 0 Å². The average Bonchev–Trinajstić information content (AvgIpc) is 2.89. The Morgan fingerprint density at radius 3 is 2.76 bits per heavy atom.